The number of nitrogens with one attached hydrogen (secondary N) is 1. The Hall–Kier alpha value is -1.75. The van der Waals surface area contributed by atoms with Crippen LogP contribution in [0.4, 0.5) is 0 Å². The number of carbonyl (C=O) groups excluding carboxylic acids is 1. The number of aliphatic hydroxyl groups excluding tert-OH is 1. The molecule has 0 spiro atoms. The molecule has 0 aromatic heterocycles. The average molecular weight is 281 g/mol. The predicted octanol–water partition coefficient (Wildman–Crippen LogP) is 1.84. The minimum absolute atomic E-state index is 0.00328. The molecule has 0 aliphatic carbocycles. The number of benzene rings is 1. The van der Waals surface area contributed by atoms with E-state index in [2.05, 4.69) is 5.32 Å². The maximum absolute atomic E-state index is 12.1. The minimum Gasteiger partial charge on any atom is -0.493 e. The van der Waals surface area contributed by atoms with Crippen molar-refractivity contribution in [2.45, 2.75) is 26.8 Å². The van der Waals surface area contributed by atoms with Gasteiger partial charge < -0.3 is 19.9 Å². The van der Waals surface area contributed by atoms with Crippen molar-refractivity contribution >= 4 is 5.91 Å². The van der Waals surface area contributed by atoms with Gasteiger partial charge in [0.25, 0.3) is 5.91 Å². The second kappa shape index (κ2) is 7.75. The molecule has 2 atom stereocenters. The van der Waals surface area contributed by atoms with Crippen molar-refractivity contribution in [1.82, 2.24) is 5.32 Å². The summed E-state index contributed by atoms with van der Waals surface area (Å²) in [6.45, 7) is 6.20. The number of methoxy groups -OCH3 is 1. The maximum atomic E-state index is 12.1. The predicted molar refractivity (Wildman–Crippen MR) is 77.3 cm³/mol. The van der Waals surface area contributed by atoms with E-state index in [0.29, 0.717) is 23.7 Å². The van der Waals surface area contributed by atoms with Crippen LogP contribution in [0.1, 0.15) is 31.1 Å². The van der Waals surface area contributed by atoms with Crippen molar-refractivity contribution in [2.24, 2.45) is 5.92 Å². The summed E-state index contributed by atoms with van der Waals surface area (Å²) in [5, 5.41) is 11.9. The van der Waals surface area contributed by atoms with E-state index in [1.54, 1.807) is 18.2 Å². The van der Waals surface area contributed by atoms with E-state index in [1.165, 1.54) is 7.11 Å². The minimum atomic E-state index is -0.195. The number of ether oxygens (including phenoxy) is 2. The van der Waals surface area contributed by atoms with Crippen LogP contribution in [0.3, 0.4) is 0 Å². The lowest BCUT2D eigenvalue weighted by molar-refractivity contribution is 0.0916. The molecular weight excluding hydrogens is 258 g/mol. The Bertz CT molecular complexity index is 447. The lowest BCUT2D eigenvalue weighted by Crippen LogP contribution is -2.38. The fourth-order valence-electron chi connectivity index (χ4n) is 1.67. The molecule has 0 heterocycles. The highest BCUT2D eigenvalue weighted by atomic mass is 16.5. The van der Waals surface area contributed by atoms with Gasteiger partial charge in [0.1, 0.15) is 0 Å². The fraction of sp³-hybridized carbons (Fsp3) is 0.533. The summed E-state index contributed by atoms with van der Waals surface area (Å²) < 4.78 is 10.6. The zero-order valence-electron chi connectivity index (χ0n) is 12.5. The zero-order valence-corrected chi connectivity index (χ0v) is 12.5. The van der Waals surface area contributed by atoms with Crippen LogP contribution in [0.5, 0.6) is 11.5 Å². The molecule has 0 fully saturated rings. The van der Waals surface area contributed by atoms with Crippen LogP contribution in [-0.4, -0.2) is 37.4 Å². The first-order valence-electron chi connectivity index (χ1n) is 6.76. The first-order valence-corrected chi connectivity index (χ1v) is 6.76. The first-order chi connectivity index (χ1) is 9.53. The Labute approximate surface area is 119 Å². The maximum Gasteiger partial charge on any atom is 0.251 e. The van der Waals surface area contributed by atoms with Gasteiger partial charge >= 0.3 is 0 Å². The van der Waals surface area contributed by atoms with Gasteiger partial charge in [0, 0.05) is 18.2 Å². The molecule has 0 radical (unpaired) electrons. The van der Waals surface area contributed by atoms with E-state index < -0.39 is 0 Å². The van der Waals surface area contributed by atoms with Crippen LogP contribution in [0.15, 0.2) is 18.2 Å². The van der Waals surface area contributed by atoms with E-state index in [9.17, 15) is 4.79 Å². The summed E-state index contributed by atoms with van der Waals surface area (Å²) in [7, 11) is 1.54. The standard InChI is InChI=1S/C15H23NO4/c1-5-20-13-7-6-12(8-14(13)19-4)15(18)16-11(3)10(2)9-17/h6-8,10-11,17H,5,9H2,1-4H3,(H,16,18). The van der Waals surface area contributed by atoms with E-state index in [4.69, 9.17) is 14.6 Å². The van der Waals surface area contributed by atoms with E-state index in [-0.39, 0.29) is 24.5 Å². The van der Waals surface area contributed by atoms with Gasteiger partial charge in [-0.1, -0.05) is 6.92 Å². The highest BCUT2D eigenvalue weighted by Crippen LogP contribution is 2.28. The zero-order chi connectivity index (χ0) is 15.1. The number of hydrogen-bond acceptors (Lipinski definition) is 4. The van der Waals surface area contributed by atoms with Crippen molar-refractivity contribution in [3.8, 4) is 11.5 Å². The summed E-state index contributed by atoms with van der Waals surface area (Å²) in [5.41, 5.74) is 0.502. The van der Waals surface area contributed by atoms with Gasteiger partial charge in [-0.2, -0.15) is 0 Å². The molecule has 0 aliphatic heterocycles. The van der Waals surface area contributed by atoms with Crippen molar-refractivity contribution in [1.29, 1.82) is 0 Å². The average Bonchev–Trinajstić information content (AvgIpc) is 2.46. The third kappa shape index (κ3) is 4.13. The fourth-order valence-corrected chi connectivity index (χ4v) is 1.67. The number of carbonyl (C=O) groups is 1. The smallest absolute Gasteiger partial charge is 0.251 e. The summed E-state index contributed by atoms with van der Waals surface area (Å²) >= 11 is 0. The quantitative estimate of drug-likeness (QED) is 0.800. The highest BCUT2D eigenvalue weighted by Gasteiger charge is 2.16. The Morgan fingerprint density at radius 3 is 2.60 bits per heavy atom. The lowest BCUT2D eigenvalue weighted by Gasteiger charge is -2.19. The van der Waals surface area contributed by atoms with E-state index in [1.807, 2.05) is 20.8 Å². The first kappa shape index (κ1) is 16.3. The van der Waals surface area contributed by atoms with Crippen LogP contribution in [0.25, 0.3) is 0 Å². The second-order valence-electron chi connectivity index (χ2n) is 4.72. The molecule has 0 saturated carbocycles. The van der Waals surface area contributed by atoms with E-state index >= 15 is 0 Å². The van der Waals surface area contributed by atoms with Crippen LogP contribution in [0, 0.1) is 5.92 Å². The molecule has 0 bridgehead atoms. The summed E-state index contributed by atoms with van der Waals surface area (Å²) in [6, 6.07) is 4.96. The van der Waals surface area contributed by atoms with Crippen LogP contribution < -0.4 is 14.8 Å². The molecule has 1 aromatic rings. The Kier molecular flexibility index (Phi) is 6.31. The van der Waals surface area contributed by atoms with Crippen molar-refractivity contribution in [3.05, 3.63) is 23.8 Å². The van der Waals surface area contributed by atoms with Gasteiger partial charge in [0.05, 0.1) is 13.7 Å². The number of rotatable bonds is 7. The van der Waals surface area contributed by atoms with Crippen molar-refractivity contribution in [2.75, 3.05) is 20.3 Å². The van der Waals surface area contributed by atoms with Crippen molar-refractivity contribution < 1.29 is 19.4 Å². The third-order valence-corrected chi connectivity index (χ3v) is 3.23. The monoisotopic (exact) mass is 281 g/mol. The normalized spacial score (nSPS) is 13.4. The Morgan fingerprint density at radius 1 is 1.35 bits per heavy atom. The van der Waals surface area contributed by atoms with Crippen LogP contribution in [-0.2, 0) is 0 Å². The Balaban J connectivity index is 2.83. The van der Waals surface area contributed by atoms with E-state index in [0.717, 1.165) is 0 Å². The molecule has 1 rings (SSSR count). The van der Waals surface area contributed by atoms with Gasteiger partial charge in [-0.25, -0.2) is 0 Å². The molecule has 0 saturated heterocycles. The third-order valence-electron chi connectivity index (χ3n) is 3.23. The summed E-state index contributed by atoms with van der Waals surface area (Å²) in [5.74, 6) is 0.952. The van der Waals surface area contributed by atoms with Gasteiger partial charge in [0.15, 0.2) is 11.5 Å². The second-order valence-corrected chi connectivity index (χ2v) is 4.72. The molecule has 2 N–H and O–H groups in total. The van der Waals surface area contributed by atoms with Crippen LogP contribution >= 0.6 is 0 Å². The summed E-state index contributed by atoms with van der Waals surface area (Å²) in [6.07, 6.45) is 0. The highest BCUT2D eigenvalue weighted by molar-refractivity contribution is 5.95. The topological polar surface area (TPSA) is 67.8 Å². The number of aliphatic hydroxyl groups is 1. The molecule has 5 nitrogen and oxygen atoms in total. The SMILES string of the molecule is CCOc1ccc(C(=O)NC(C)C(C)CO)cc1OC. The molecule has 20 heavy (non-hydrogen) atoms. The number of amides is 1. The summed E-state index contributed by atoms with van der Waals surface area (Å²) in [4.78, 5) is 12.1. The van der Waals surface area contributed by atoms with Gasteiger partial charge in [-0.3, -0.25) is 4.79 Å². The van der Waals surface area contributed by atoms with Crippen molar-refractivity contribution in [3.63, 3.8) is 0 Å². The molecule has 2 unspecified atom stereocenters. The molecule has 1 amide bonds. The molecule has 5 heteroatoms. The number of hydrogen-bond donors (Lipinski definition) is 2. The molecule has 112 valence electrons. The molecule has 1 aromatic carbocycles. The van der Waals surface area contributed by atoms with Crippen LogP contribution in [0.2, 0.25) is 0 Å². The Morgan fingerprint density at radius 2 is 2.05 bits per heavy atom. The largest absolute Gasteiger partial charge is 0.493 e. The van der Waals surface area contributed by atoms with Gasteiger partial charge in [-0.05, 0) is 38.0 Å². The molecular formula is C15H23NO4. The van der Waals surface area contributed by atoms with Gasteiger partial charge in [-0.15, -0.1) is 0 Å². The lowest BCUT2D eigenvalue weighted by atomic mass is 10.0. The molecule has 0 aliphatic rings. The van der Waals surface area contributed by atoms with Gasteiger partial charge in [0.2, 0.25) is 0 Å².